The van der Waals surface area contributed by atoms with Gasteiger partial charge < -0.3 is 10.5 Å². The molecule has 0 saturated carbocycles. The molecule has 3 nitrogen and oxygen atoms in total. The fourth-order valence-electron chi connectivity index (χ4n) is 2.16. The predicted octanol–water partition coefficient (Wildman–Crippen LogP) is 2.99. The van der Waals surface area contributed by atoms with Gasteiger partial charge in [-0.25, -0.2) is 0 Å². The van der Waals surface area contributed by atoms with E-state index in [-0.39, 0.29) is 11.7 Å². The molecule has 1 fully saturated rings. The van der Waals surface area contributed by atoms with Gasteiger partial charge in [-0.3, -0.25) is 4.21 Å². The Balaban J connectivity index is 2.06. The molecule has 1 saturated heterocycles. The summed E-state index contributed by atoms with van der Waals surface area (Å²) in [6, 6.07) is 5.06. The van der Waals surface area contributed by atoms with Crippen molar-refractivity contribution in [1.29, 1.82) is 0 Å². The zero-order valence-electron chi connectivity index (χ0n) is 10.6. The van der Waals surface area contributed by atoms with Gasteiger partial charge in [0, 0.05) is 10.7 Å². The first kappa shape index (κ1) is 13.8. The SMILES string of the molecule is CC1(C)CCC(CS(=O)c2cc(Cl)ccc2N)O1. The second-order valence-electron chi connectivity index (χ2n) is 5.23. The van der Waals surface area contributed by atoms with Crippen LogP contribution in [0.15, 0.2) is 23.1 Å². The molecule has 0 spiro atoms. The molecular weight excluding hydrogens is 270 g/mol. The molecule has 0 aromatic heterocycles. The lowest BCUT2D eigenvalue weighted by Crippen LogP contribution is -2.23. The minimum atomic E-state index is -1.16. The molecular formula is C13H18ClNO2S. The number of nitrogen functional groups attached to an aromatic ring is 1. The van der Waals surface area contributed by atoms with Gasteiger partial charge in [0.15, 0.2) is 0 Å². The summed E-state index contributed by atoms with van der Waals surface area (Å²) in [5.41, 5.74) is 6.25. The Morgan fingerprint density at radius 1 is 1.56 bits per heavy atom. The number of hydrogen-bond donors (Lipinski definition) is 1. The lowest BCUT2D eigenvalue weighted by Gasteiger charge is -2.19. The van der Waals surface area contributed by atoms with E-state index in [1.807, 2.05) is 0 Å². The second kappa shape index (κ2) is 5.19. The van der Waals surface area contributed by atoms with Crippen LogP contribution >= 0.6 is 11.6 Å². The van der Waals surface area contributed by atoms with Gasteiger partial charge in [-0.2, -0.15) is 0 Å². The van der Waals surface area contributed by atoms with Crippen LogP contribution in [0, 0.1) is 0 Å². The van der Waals surface area contributed by atoms with Gasteiger partial charge in [-0.15, -0.1) is 0 Å². The lowest BCUT2D eigenvalue weighted by molar-refractivity contribution is -0.00498. The summed E-state index contributed by atoms with van der Waals surface area (Å²) in [4.78, 5) is 0.607. The molecule has 1 aliphatic rings. The molecule has 1 aromatic carbocycles. The first-order chi connectivity index (χ1) is 8.37. The number of anilines is 1. The average molecular weight is 288 g/mol. The van der Waals surface area contributed by atoms with Crippen molar-refractivity contribution in [3.05, 3.63) is 23.2 Å². The van der Waals surface area contributed by atoms with E-state index in [1.54, 1.807) is 18.2 Å². The summed E-state index contributed by atoms with van der Waals surface area (Å²) in [6.07, 6.45) is 1.98. The quantitative estimate of drug-likeness (QED) is 0.870. The third-order valence-electron chi connectivity index (χ3n) is 3.11. The van der Waals surface area contributed by atoms with E-state index >= 15 is 0 Å². The van der Waals surface area contributed by atoms with Crippen LogP contribution in [0.1, 0.15) is 26.7 Å². The molecule has 18 heavy (non-hydrogen) atoms. The Morgan fingerprint density at radius 3 is 2.89 bits per heavy atom. The molecule has 1 heterocycles. The maximum Gasteiger partial charge on any atom is 0.0702 e. The average Bonchev–Trinajstić information content (AvgIpc) is 2.61. The second-order valence-corrected chi connectivity index (χ2v) is 7.13. The Kier molecular flexibility index (Phi) is 3.99. The first-order valence-corrected chi connectivity index (χ1v) is 7.68. The third-order valence-corrected chi connectivity index (χ3v) is 4.87. The largest absolute Gasteiger partial charge is 0.398 e. The molecule has 0 radical (unpaired) electrons. The number of rotatable bonds is 3. The van der Waals surface area contributed by atoms with Crippen LogP contribution in [-0.4, -0.2) is 21.7 Å². The predicted molar refractivity (Wildman–Crippen MR) is 75.3 cm³/mol. The summed E-state index contributed by atoms with van der Waals surface area (Å²) in [5, 5.41) is 0.556. The zero-order valence-corrected chi connectivity index (χ0v) is 12.2. The molecule has 2 unspecified atom stereocenters. The summed E-state index contributed by atoms with van der Waals surface area (Å²) in [6.45, 7) is 4.12. The Bertz CT molecular complexity index is 476. The van der Waals surface area contributed by atoms with Crippen LogP contribution < -0.4 is 5.73 Å². The molecule has 1 aliphatic heterocycles. The van der Waals surface area contributed by atoms with E-state index in [4.69, 9.17) is 22.1 Å². The van der Waals surface area contributed by atoms with Gasteiger partial charge in [0.05, 0.1) is 33.2 Å². The normalized spacial score (nSPS) is 24.1. The first-order valence-electron chi connectivity index (χ1n) is 5.99. The highest BCUT2D eigenvalue weighted by molar-refractivity contribution is 7.85. The maximum absolute atomic E-state index is 12.3. The van der Waals surface area contributed by atoms with Crippen molar-refractivity contribution in [3.8, 4) is 0 Å². The molecule has 0 amide bonds. The monoisotopic (exact) mass is 287 g/mol. The highest BCUT2D eigenvalue weighted by Gasteiger charge is 2.32. The van der Waals surface area contributed by atoms with Crippen LogP contribution in [-0.2, 0) is 15.5 Å². The summed E-state index contributed by atoms with van der Waals surface area (Å²) >= 11 is 5.90. The standard InChI is InChI=1S/C13H18ClNO2S/c1-13(2)6-5-10(17-13)8-18(16)12-7-9(14)3-4-11(12)15/h3-4,7,10H,5-6,8,15H2,1-2H3. The number of ether oxygens (including phenoxy) is 1. The van der Waals surface area contributed by atoms with Crippen molar-refractivity contribution in [2.75, 3.05) is 11.5 Å². The minimum absolute atomic E-state index is 0.0409. The lowest BCUT2D eigenvalue weighted by atomic mass is 10.1. The van der Waals surface area contributed by atoms with E-state index in [0.29, 0.717) is 21.4 Å². The van der Waals surface area contributed by atoms with Crippen LogP contribution in [0.4, 0.5) is 5.69 Å². The third kappa shape index (κ3) is 3.25. The number of benzene rings is 1. The van der Waals surface area contributed by atoms with Gasteiger partial charge >= 0.3 is 0 Å². The number of halogens is 1. The Morgan fingerprint density at radius 2 is 2.28 bits per heavy atom. The van der Waals surface area contributed by atoms with Crippen LogP contribution in [0.2, 0.25) is 5.02 Å². The van der Waals surface area contributed by atoms with Crippen LogP contribution in [0.5, 0.6) is 0 Å². The summed E-state index contributed by atoms with van der Waals surface area (Å²) in [7, 11) is -1.16. The van der Waals surface area contributed by atoms with E-state index in [9.17, 15) is 4.21 Å². The topological polar surface area (TPSA) is 52.3 Å². The van der Waals surface area contributed by atoms with Crippen molar-refractivity contribution in [1.82, 2.24) is 0 Å². The van der Waals surface area contributed by atoms with Gasteiger partial charge in [0.1, 0.15) is 0 Å². The van der Waals surface area contributed by atoms with Crippen molar-refractivity contribution < 1.29 is 8.95 Å². The molecule has 1 aromatic rings. The Hall–Kier alpha value is -0.580. The fraction of sp³-hybridized carbons (Fsp3) is 0.538. The minimum Gasteiger partial charge on any atom is -0.398 e. The van der Waals surface area contributed by atoms with E-state index in [2.05, 4.69) is 13.8 Å². The van der Waals surface area contributed by atoms with E-state index in [0.717, 1.165) is 12.8 Å². The molecule has 5 heteroatoms. The zero-order chi connectivity index (χ0) is 13.3. The van der Waals surface area contributed by atoms with Gasteiger partial charge in [-0.05, 0) is 44.9 Å². The van der Waals surface area contributed by atoms with Crippen LogP contribution in [0.3, 0.4) is 0 Å². The molecule has 100 valence electrons. The van der Waals surface area contributed by atoms with Gasteiger partial charge in [-0.1, -0.05) is 11.6 Å². The molecule has 0 aliphatic carbocycles. The molecule has 2 rings (SSSR count). The summed E-state index contributed by atoms with van der Waals surface area (Å²) in [5.74, 6) is 0.480. The van der Waals surface area contributed by atoms with Gasteiger partial charge in [0.25, 0.3) is 0 Å². The van der Waals surface area contributed by atoms with Crippen molar-refractivity contribution in [2.24, 2.45) is 0 Å². The fourth-order valence-corrected chi connectivity index (χ4v) is 3.74. The van der Waals surface area contributed by atoms with Crippen molar-refractivity contribution in [2.45, 2.75) is 43.3 Å². The van der Waals surface area contributed by atoms with Crippen molar-refractivity contribution in [3.63, 3.8) is 0 Å². The maximum atomic E-state index is 12.3. The van der Waals surface area contributed by atoms with E-state index < -0.39 is 10.8 Å². The molecule has 2 atom stereocenters. The van der Waals surface area contributed by atoms with E-state index in [1.165, 1.54) is 0 Å². The highest BCUT2D eigenvalue weighted by atomic mass is 35.5. The number of hydrogen-bond acceptors (Lipinski definition) is 3. The Labute approximate surface area is 115 Å². The highest BCUT2D eigenvalue weighted by Crippen LogP contribution is 2.31. The van der Waals surface area contributed by atoms with Crippen molar-refractivity contribution >= 4 is 28.1 Å². The smallest absolute Gasteiger partial charge is 0.0702 e. The summed E-state index contributed by atoms with van der Waals surface area (Å²) < 4.78 is 18.1. The van der Waals surface area contributed by atoms with Gasteiger partial charge in [0.2, 0.25) is 0 Å². The number of nitrogens with two attached hydrogens (primary N) is 1. The van der Waals surface area contributed by atoms with Crippen LogP contribution in [0.25, 0.3) is 0 Å². The molecule has 2 N–H and O–H groups in total. The molecule has 0 bridgehead atoms.